The number of sulfonamides is 1. The Kier molecular flexibility index (Phi) is 6.55. The minimum absolute atomic E-state index is 0.177. The summed E-state index contributed by atoms with van der Waals surface area (Å²) in [5.74, 6) is -0.414. The lowest BCUT2D eigenvalue weighted by molar-refractivity contribution is -0.386. The van der Waals surface area contributed by atoms with Crippen LogP contribution in [0.5, 0.6) is 5.75 Å². The van der Waals surface area contributed by atoms with Crippen molar-refractivity contribution < 1.29 is 31.2 Å². The zero-order valence-electron chi connectivity index (χ0n) is 13.0. The van der Waals surface area contributed by atoms with Crippen molar-refractivity contribution in [3.63, 3.8) is 0 Å². The van der Waals surface area contributed by atoms with E-state index in [1.165, 1.54) is 0 Å². The summed E-state index contributed by atoms with van der Waals surface area (Å²) in [4.78, 5) is 9.85. The molecule has 0 saturated heterocycles. The smallest absolute Gasteiger partial charge is 0.392 e. The summed E-state index contributed by atoms with van der Waals surface area (Å²) in [6.07, 6.45) is -5.73. The quantitative estimate of drug-likeness (QED) is 0.518. The predicted octanol–water partition coefficient (Wildman–Crippen LogP) is 2.96. The first-order valence-corrected chi connectivity index (χ1v) is 8.45. The van der Waals surface area contributed by atoms with Crippen molar-refractivity contribution in [3.8, 4) is 5.75 Å². The van der Waals surface area contributed by atoms with Crippen molar-refractivity contribution in [3.05, 3.63) is 28.3 Å². The van der Waals surface area contributed by atoms with Crippen molar-refractivity contribution in [1.29, 1.82) is 0 Å². The van der Waals surface area contributed by atoms with Gasteiger partial charge >= 0.3 is 11.9 Å². The third-order valence-corrected chi connectivity index (χ3v) is 5.16. The Morgan fingerprint density at radius 2 is 1.83 bits per heavy atom. The molecule has 1 rings (SSSR count). The molecule has 1 aromatic carbocycles. The van der Waals surface area contributed by atoms with Gasteiger partial charge in [-0.2, -0.15) is 17.5 Å². The molecule has 1 aromatic rings. The summed E-state index contributed by atoms with van der Waals surface area (Å²) in [6, 6.07) is 2.85. The van der Waals surface area contributed by atoms with Gasteiger partial charge in [0, 0.05) is 19.2 Å². The molecule has 0 saturated carbocycles. The molecule has 24 heavy (non-hydrogen) atoms. The van der Waals surface area contributed by atoms with Gasteiger partial charge in [0.15, 0.2) is 5.75 Å². The number of benzene rings is 1. The molecule has 0 unspecified atom stereocenters. The molecule has 0 aliphatic rings. The number of alkyl halides is 3. The van der Waals surface area contributed by atoms with Gasteiger partial charge in [-0.3, -0.25) is 10.1 Å². The Balaban J connectivity index is 3.14. The van der Waals surface area contributed by atoms with Gasteiger partial charge in [-0.1, -0.05) is 13.8 Å². The maximum atomic E-state index is 12.3. The number of hydrogen-bond acceptors (Lipinski definition) is 5. The summed E-state index contributed by atoms with van der Waals surface area (Å²) in [5.41, 5.74) is -0.703. The van der Waals surface area contributed by atoms with Crippen LogP contribution in [-0.4, -0.2) is 43.5 Å². The zero-order valence-corrected chi connectivity index (χ0v) is 13.9. The molecule has 0 fully saturated rings. The van der Waals surface area contributed by atoms with Gasteiger partial charge in [0.1, 0.15) is 0 Å². The molecule has 7 nitrogen and oxygen atoms in total. The topological polar surface area (TPSA) is 89.8 Å². The highest BCUT2D eigenvalue weighted by molar-refractivity contribution is 7.89. The number of nitro groups is 1. The first kappa shape index (κ1) is 20.2. The van der Waals surface area contributed by atoms with Gasteiger partial charge in [-0.15, -0.1) is 0 Å². The zero-order chi connectivity index (χ0) is 18.5. The lowest BCUT2D eigenvalue weighted by Gasteiger charge is -2.18. The van der Waals surface area contributed by atoms with E-state index < -0.39 is 45.6 Å². The maximum Gasteiger partial charge on any atom is 0.392 e. The minimum Gasteiger partial charge on any atom is -0.486 e. The SMILES string of the molecule is CCN(CC)S(=O)(=O)c1ccc(OCCC(F)(F)F)c([N+](=O)[O-])c1. The van der Waals surface area contributed by atoms with E-state index in [0.717, 1.165) is 22.5 Å². The Labute approximate surface area is 137 Å². The fraction of sp³-hybridized carbons (Fsp3) is 0.538. The highest BCUT2D eigenvalue weighted by Crippen LogP contribution is 2.31. The second-order valence-corrected chi connectivity index (χ2v) is 6.63. The van der Waals surface area contributed by atoms with Crippen molar-refractivity contribution in [1.82, 2.24) is 4.31 Å². The van der Waals surface area contributed by atoms with Crippen LogP contribution in [-0.2, 0) is 10.0 Å². The van der Waals surface area contributed by atoms with Crippen molar-refractivity contribution in [2.45, 2.75) is 31.3 Å². The number of hydrogen-bond donors (Lipinski definition) is 0. The molecule has 11 heteroatoms. The second kappa shape index (κ2) is 7.79. The average Bonchev–Trinajstić information content (AvgIpc) is 2.46. The molecule has 0 aliphatic carbocycles. The largest absolute Gasteiger partial charge is 0.486 e. The monoisotopic (exact) mass is 370 g/mol. The van der Waals surface area contributed by atoms with E-state index in [0.29, 0.717) is 0 Å². The van der Waals surface area contributed by atoms with E-state index in [1.54, 1.807) is 13.8 Å². The molecule has 0 radical (unpaired) electrons. The third kappa shape index (κ3) is 5.06. The molecule has 0 bridgehead atoms. The lowest BCUT2D eigenvalue weighted by Crippen LogP contribution is -2.30. The maximum absolute atomic E-state index is 12.3. The second-order valence-electron chi connectivity index (χ2n) is 4.69. The molecule has 0 aliphatic heterocycles. The van der Waals surface area contributed by atoms with Crippen LogP contribution in [0.4, 0.5) is 18.9 Å². The van der Waals surface area contributed by atoms with Crippen molar-refractivity contribution in [2.75, 3.05) is 19.7 Å². The summed E-state index contributed by atoms with van der Waals surface area (Å²) in [7, 11) is -3.92. The molecule has 0 N–H and O–H groups in total. The van der Waals surface area contributed by atoms with Gasteiger partial charge in [0.2, 0.25) is 10.0 Å². The molecule has 0 heterocycles. The van der Waals surface area contributed by atoms with Crippen LogP contribution < -0.4 is 4.74 Å². The van der Waals surface area contributed by atoms with Crippen LogP contribution in [0.15, 0.2) is 23.1 Å². The van der Waals surface area contributed by atoms with Crippen LogP contribution in [0.2, 0.25) is 0 Å². The predicted molar refractivity (Wildman–Crippen MR) is 79.4 cm³/mol. The Hall–Kier alpha value is -1.88. The Bertz CT molecular complexity index is 687. The molecule has 0 spiro atoms. The van der Waals surface area contributed by atoms with E-state index in [9.17, 15) is 31.7 Å². The molecule has 0 aromatic heterocycles. The van der Waals surface area contributed by atoms with Gasteiger partial charge in [0.25, 0.3) is 0 Å². The van der Waals surface area contributed by atoms with E-state index in [4.69, 9.17) is 4.74 Å². The summed E-state index contributed by atoms with van der Waals surface area (Å²) in [6.45, 7) is 2.79. The van der Waals surface area contributed by atoms with Gasteiger partial charge in [-0.25, -0.2) is 8.42 Å². The molecule has 136 valence electrons. The molecule has 0 atom stereocenters. The molecular weight excluding hydrogens is 353 g/mol. The van der Waals surface area contributed by atoms with Crippen LogP contribution in [0, 0.1) is 10.1 Å². The third-order valence-electron chi connectivity index (χ3n) is 3.11. The van der Waals surface area contributed by atoms with Crippen LogP contribution in [0.25, 0.3) is 0 Å². The molecule has 0 amide bonds. The van der Waals surface area contributed by atoms with Gasteiger partial charge in [-0.05, 0) is 12.1 Å². The molecular formula is C13H17F3N2O5S. The fourth-order valence-corrected chi connectivity index (χ4v) is 3.39. The normalized spacial score (nSPS) is 12.4. The lowest BCUT2D eigenvalue weighted by atomic mass is 10.3. The van der Waals surface area contributed by atoms with Crippen LogP contribution in [0.1, 0.15) is 20.3 Å². The number of rotatable bonds is 8. The Morgan fingerprint density at radius 1 is 1.25 bits per heavy atom. The van der Waals surface area contributed by atoms with Crippen molar-refractivity contribution >= 4 is 15.7 Å². The van der Waals surface area contributed by atoms with Crippen LogP contribution >= 0.6 is 0 Å². The van der Waals surface area contributed by atoms with Crippen molar-refractivity contribution in [2.24, 2.45) is 0 Å². The number of halogens is 3. The average molecular weight is 370 g/mol. The van der Waals surface area contributed by atoms with E-state index >= 15 is 0 Å². The minimum atomic E-state index is -4.46. The standard InChI is InChI=1S/C13H17F3N2O5S/c1-3-17(4-2)24(21,22)10-5-6-12(11(9-10)18(19)20)23-8-7-13(14,15)16/h5-6,9H,3-4,7-8H2,1-2H3. The van der Waals surface area contributed by atoms with Crippen LogP contribution in [0.3, 0.4) is 0 Å². The summed E-state index contributed by atoms with van der Waals surface area (Å²) in [5, 5.41) is 11.1. The highest BCUT2D eigenvalue weighted by atomic mass is 32.2. The fourth-order valence-electron chi connectivity index (χ4n) is 1.91. The number of nitro benzene ring substituents is 1. The number of ether oxygens (including phenoxy) is 1. The van der Waals surface area contributed by atoms with E-state index in [1.807, 2.05) is 0 Å². The highest BCUT2D eigenvalue weighted by Gasteiger charge is 2.29. The van der Waals surface area contributed by atoms with E-state index in [2.05, 4.69) is 0 Å². The van der Waals surface area contributed by atoms with Gasteiger partial charge in [0.05, 0.1) is 22.8 Å². The van der Waals surface area contributed by atoms with E-state index in [-0.39, 0.29) is 18.0 Å². The summed E-state index contributed by atoms with van der Waals surface area (Å²) < 4.78 is 66.9. The van der Waals surface area contributed by atoms with Gasteiger partial charge < -0.3 is 4.74 Å². The Morgan fingerprint density at radius 3 is 2.29 bits per heavy atom. The number of nitrogens with zero attached hydrogens (tertiary/aromatic N) is 2. The first-order chi connectivity index (χ1) is 11.0. The summed E-state index contributed by atoms with van der Waals surface area (Å²) >= 11 is 0. The first-order valence-electron chi connectivity index (χ1n) is 7.01.